The predicted molar refractivity (Wildman–Crippen MR) is 112 cm³/mol. The number of thioether (sulfide) groups is 1. The molecule has 0 saturated heterocycles. The molecule has 4 aromatic rings. The molecule has 3 heterocycles. The number of nitrogens with zero attached hydrogens (tertiary/aromatic N) is 2. The normalized spacial score (nSPS) is 11.1. The quantitative estimate of drug-likeness (QED) is 0.220. The highest BCUT2D eigenvalue weighted by molar-refractivity contribution is 7.98. The number of benzene rings is 1. The van der Waals surface area contributed by atoms with Gasteiger partial charge in [0.2, 0.25) is 5.76 Å². The Morgan fingerprint density at radius 2 is 2.00 bits per heavy atom. The summed E-state index contributed by atoms with van der Waals surface area (Å²) in [5.74, 6) is 1.64. The Morgan fingerprint density at radius 3 is 2.75 bits per heavy atom. The highest BCUT2D eigenvalue weighted by Crippen LogP contribution is 2.39. The van der Waals surface area contributed by atoms with Crippen molar-refractivity contribution in [3.8, 4) is 11.1 Å². The molecule has 8 heteroatoms. The van der Waals surface area contributed by atoms with Crippen molar-refractivity contribution >= 4 is 50.9 Å². The number of fused-ring (bicyclic) bond motifs is 1. The van der Waals surface area contributed by atoms with Gasteiger partial charge in [0.15, 0.2) is 0 Å². The van der Waals surface area contributed by atoms with Crippen LogP contribution in [-0.2, 0) is 10.5 Å². The van der Waals surface area contributed by atoms with Crippen LogP contribution in [0, 0.1) is 6.92 Å². The molecule has 4 rings (SSSR count). The minimum atomic E-state index is -0.487. The van der Waals surface area contributed by atoms with E-state index in [9.17, 15) is 4.79 Å². The van der Waals surface area contributed by atoms with E-state index >= 15 is 0 Å². The molecule has 0 atom stereocenters. The number of hydrogen-bond donors (Lipinski definition) is 0. The Hall–Kier alpha value is -2.35. The third kappa shape index (κ3) is 3.78. The van der Waals surface area contributed by atoms with Gasteiger partial charge in [0.25, 0.3) is 0 Å². The number of carbonyl (C=O) groups excluding carboxylic acids is 1. The lowest BCUT2D eigenvalue weighted by molar-refractivity contribution is 0.0563. The molecule has 3 aromatic heterocycles. The summed E-state index contributed by atoms with van der Waals surface area (Å²) in [6.07, 6.45) is 0. The van der Waals surface area contributed by atoms with Gasteiger partial charge < -0.3 is 9.15 Å². The summed E-state index contributed by atoms with van der Waals surface area (Å²) in [7, 11) is 1.33. The topological polar surface area (TPSA) is 65.2 Å². The number of aryl methyl sites for hydroxylation is 1. The zero-order valence-corrected chi connectivity index (χ0v) is 17.5. The van der Waals surface area contributed by atoms with Gasteiger partial charge in [0.1, 0.15) is 21.4 Å². The highest BCUT2D eigenvalue weighted by atomic mass is 35.5. The maximum atomic E-state index is 11.6. The van der Waals surface area contributed by atoms with E-state index in [0.29, 0.717) is 22.4 Å². The van der Waals surface area contributed by atoms with Crippen LogP contribution in [0.1, 0.15) is 22.1 Å². The second kappa shape index (κ2) is 7.95. The Bertz CT molecular complexity index is 1150. The first-order chi connectivity index (χ1) is 13.5. The van der Waals surface area contributed by atoms with Crippen LogP contribution in [0.5, 0.6) is 0 Å². The molecular formula is C20H15ClN2O3S2. The molecule has 0 unspecified atom stereocenters. The number of halogens is 1. The van der Waals surface area contributed by atoms with E-state index in [2.05, 4.69) is 20.1 Å². The van der Waals surface area contributed by atoms with Crippen molar-refractivity contribution in [2.45, 2.75) is 17.7 Å². The Labute approximate surface area is 174 Å². The molecule has 0 radical (unpaired) electrons. The predicted octanol–water partition coefficient (Wildman–Crippen LogP) is 5.99. The first-order valence-electron chi connectivity index (χ1n) is 8.37. The SMILES string of the molecule is COC(=O)c1ccc(CSc2nc(C)nc3scc(-c4ccc(Cl)cc4)c23)o1. The van der Waals surface area contributed by atoms with Gasteiger partial charge >= 0.3 is 5.97 Å². The van der Waals surface area contributed by atoms with E-state index < -0.39 is 5.97 Å². The monoisotopic (exact) mass is 430 g/mol. The fourth-order valence-electron chi connectivity index (χ4n) is 2.76. The smallest absolute Gasteiger partial charge is 0.373 e. The number of esters is 1. The Morgan fingerprint density at radius 1 is 1.21 bits per heavy atom. The maximum Gasteiger partial charge on any atom is 0.373 e. The number of carbonyl (C=O) groups is 1. The number of thiophene rings is 1. The number of ether oxygens (including phenoxy) is 1. The first kappa shape index (κ1) is 19.0. The molecule has 0 aliphatic heterocycles. The molecule has 0 fully saturated rings. The average Bonchev–Trinajstić information content (AvgIpc) is 3.33. The molecule has 0 amide bonds. The Kier molecular flexibility index (Phi) is 5.39. The van der Waals surface area contributed by atoms with Crippen molar-refractivity contribution < 1.29 is 13.9 Å². The minimum Gasteiger partial charge on any atom is -0.463 e. The zero-order chi connectivity index (χ0) is 19.7. The molecule has 0 spiro atoms. The van der Waals surface area contributed by atoms with E-state index in [4.69, 9.17) is 16.0 Å². The second-order valence-electron chi connectivity index (χ2n) is 5.96. The van der Waals surface area contributed by atoms with Gasteiger partial charge in [-0.3, -0.25) is 0 Å². The van der Waals surface area contributed by atoms with Crippen molar-refractivity contribution in [1.29, 1.82) is 0 Å². The molecule has 5 nitrogen and oxygen atoms in total. The lowest BCUT2D eigenvalue weighted by Gasteiger charge is -2.06. The summed E-state index contributed by atoms with van der Waals surface area (Å²) in [6, 6.07) is 11.1. The Balaban J connectivity index is 1.68. The molecule has 28 heavy (non-hydrogen) atoms. The minimum absolute atomic E-state index is 0.194. The number of aromatic nitrogens is 2. The highest BCUT2D eigenvalue weighted by Gasteiger charge is 2.16. The molecule has 142 valence electrons. The van der Waals surface area contributed by atoms with Crippen molar-refractivity contribution in [2.75, 3.05) is 7.11 Å². The largest absolute Gasteiger partial charge is 0.463 e. The van der Waals surface area contributed by atoms with E-state index in [1.165, 1.54) is 7.11 Å². The summed E-state index contributed by atoms with van der Waals surface area (Å²) >= 11 is 9.17. The number of methoxy groups -OCH3 is 1. The van der Waals surface area contributed by atoms with Gasteiger partial charge in [-0.05, 0) is 36.8 Å². The van der Waals surface area contributed by atoms with Gasteiger partial charge in [0, 0.05) is 16.0 Å². The van der Waals surface area contributed by atoms with Crippen molar-refractivity contribution in [3.05, 3.63) is 64.1 Å². The van der Waals surface area contributed by atoms with Crippen molar-refractivity contribution in [1.82, 2.24) is 9.97 Å². The molecule has 0 aliphatic rings. The van der Waals surface area contributed by atoms with Crippen molar-refractivity contribution in [3.63, 3.8) is 0 Å². The van der Waals surface area contributed by atoms with Gasteiger partial charge in [-0.2, -0.15) is 0 Å². The lowest BCUT2D eigenvalue weighted by atomic mass is 10.1. The van der Waals surface area contributed by atoms with Gasteiger partial charge in [-0.25, -0.2) is 14.8 Å². The summed E-state index contributed by atoms with van der Waals surface area (Å²) < 4.78 is 10.2. The van der Waals surface area contributed by atoms with Gasteiger partial charge in [0.05, 0.1) is 18.2 Å². The zero-order valence-electron chi connectivity index (χ0n) is 15.1. The van der Waals surface area contributed by atoms with E-state index in [0.717, 1.165) is 26.4 Å². The number of furan rings is 1. The fourth-order valence-corrected chi connectivity index (χ4v) is 4.93. The van der Waals surface area contributed by atoms with E-state index in [-0.39, 0.29) is 5.76 Å². The second-order valence-corrected chi connectivity index (χ2v) is 8.22. The average molecular weight is 431 g/mol. The number of hydrogen-bond acceptors (Lipinski definition) is 7. The van der Waals surface area contributed by atoms with Crippen LogP contribution in [-0.4, -0.2) is 23.0 Å². The molecule has 0 N–H and O–H groups in total. The van der Waals surface area contributed by atoms with Crippen LogP contribution >= 0.6 is 34.7 Å². The third-order valence-electron chi connectivity index (χ3n) is 4.07. The summed E-state index contributed by atoms with van der Waals surface area (Å²) in [6.45, 7) is 1.88. The van der Waals surface area contributed by atoms with E-state index in [1.54, 1.807) is 35.2 Å². The summed E-state index contributed by atoms with van der Waals surface area (Å²) in [4.78, 5) is 21.7. The lowest BCUT2D eigenvalue weighted by Crippen LogP contribution is -1.98. The molecule has 0 saturated carbocycles. The fraction of sp³-hybridized carbons (Fsp3) is 0.150. The van der Waals surface area contributed by atoms with Crippen LogP contribution in [0.15, 0.2) is 51.2 Å². The van der Waals surface area contributed by atoms with Crippen LogP contribution in [0.3, 0.4) is 0 Å². The molecule has 0 bridgehead atoms. The van der Waals surface area contributed by atoms with Gasteiger partial charge in [-0.1, -0.05) is 35.5 Å². The summed E-state index contributed by atoms with van der Waals surface area (Å²) in [5.41, 5.74) is 2.14. The summed E-state index contributed by atoms with van der Waals surface area (Å²) in [5, 5.41) is 4.69. The van der Waals surface area contributed by atoms with Gasteiger partial charge in [-0.15, -0.1) is 11.3 Å². The first-order valence-corrected chi connectivity index (χ1v) is 10.6. The number of rotatable bonds is 5. The van der Waals surface area contributed by atoms with E-state index in [1.807, 2.05) is 31.2 Å². The van der Waals surface area contributed by atoms with Crippen molar-refractivity contribution in [2.24, 2.45) is 0 Å². The standard InChI is InChI=1S/C20H15ClN2O3S2/c1-11-22-18(27-9-14-7-8-16(26-14)20(24)25-2)17-15(10-28-19(17)23-11)12-3-5-13(21)6-4-12/h3-8,10H,9H2,1-2H3. The third-order valence-corrected chi connectivity index (χ3v) is 6.19. The molecule has 0 aliphatic carbocycles. The molecular weight excluding hydrogens is 416 g/mol. The van der Waals surface area contributed by atoms with Crippen LogP contribution < -0.4 is 0 Å². The van der Waals surface area contributed by atoms with Crippen LogP contribution in [0.4, 0.5) is 0 Å². The molecule has 1 aromatic carbocycles. The van der Waals surface area contributed by atoms with Crippen LogP contribution in [0.2, 0.25) is 5.02 Å². The van der Waals surface area contributed by atoms with Crippen LogP contribution in [0.25, 0.3) is 21.3 Å². The maximum absolute atomic E-state index is 11.6.